The van der Waals surface area contributed by atoms with Gasteiger partial charge in [0.1, 0.15) is 11.2 Å². The highest BCUT2D eigenvalue weighted by molar-refractivity contribution is 5.26. The summed E-state index contributed by atoms with van der Waals surface area (Å²) < 4.78 is 0. The van der Waals surface area contributed by atoms with Crippen LogP contribution in [0.2, 0.25) is 0 Å². The molecule has 0 aromatic rings. The van der Waals surface area contributed by atoms with Crippen LogP contribution in [0.4, 0.5) is 0 Å². The van der Waals surface area contributed by atoms with E-state index < -0.39 is 33.8 Å². The largest absolute Gasteiger partial charge is 0.384 e. The molecule has 7 N–H and O–H groups in total. The molecule has 0 bridgehead atoms. The van der Waals surface area contributed by atoms with Crippen molar-refractivity contribution in [1.29, 1.82) is 0 Å². The van der Waals surface area contributed by atoms with Gasteiger partial charge in [-0.3, -0.25) is 0 Å². The van der Waals surface area contributed by atoms with Crippen LogP contribution in [-0.4, -0.2) is 64.1 Å². The third kappa shape index (κ3) is 1.18. The maximum absolute atomic E-state index is 10.2. The van der Waals surface area contributed by atoms with Crippen LogP contribution < -0.4 is 0 Å². The predicted molar refractivity (Wildman–Crippen MR) is 60.0 cm³/mol. The molecule has 0 aliphatic heterocycles. The van der Waals surface area contributed by atoms with Crippen molar-refractivity contribution < 1.29 is 35.7 Å². The van der Waals surface area contributed by atoms with Gasteiger partial charge < -0.3 is 35.7 Å². The van der Waals surface area contributed by atoms with Gasteiger partial charge in [0.15, 0.2) is 5.60 Å². The van der Waals surface area contributed by atoms with Crippen LogP contribution >= 0.6 is 0 Å². The summed E-state index contributed by atoms with van der Waals surface area (Å²) in [5.74, 6) is -6.14. The molecular formula is C11H22O7. The standard InChI is InChI=1S/C11H22O7/c1-6(2)7(3,12)11(17,18)9(5,14)8(4,13)10(6,15)16/h12-18H,1-5H3. The van der Waals surface area contributed by atoms with Crippen LogP contribution in [0.3, 0.4) is 0 Å². The second-order valence-corrected chi connectivity index (χ2v) is 6.19. The molecule has 0 spiro atoms. The summed E-state index contributed by atoms with van der Waals surface area (Å²) in [6, 6.07) is 0. The molecule has 7 nitrogen and oxygen atoms in total. The summed E-state index contributed by atoms with van der Waals surface area (Å²) in [6.45, 7) is 4.87. The van der Waals surface area contributed by atoms with Crippen molar-refractivity contribution in [3.63, 3.8) is 0 Å². The molecule has 0 radical (unpaired) electrons. The Hall–Kier alpha value is -0.280. The molecular weight excluding hydrogens is 244 g/mol. The second-order valence-electron chi connectivity index (χ2n) is 6.19. The lowest BCUT2D eigenvalue weighted by atomic mass is 9.49. The van der Waals surface area contributed by atoms with Crippen molar-refractivity contribution in [2.24, 2.45) is 5.41 Å². The van der Waals surface area contributed by atoms with Gasteiger partial charge in [-0.1, -0.05) is 13.8 Å². The topological polar surface area (TPSA) is 142 Å². The van der Waals surface area contributed by atoms with Crippen LogP contribution in [0.15, 0.2) is 0 Å². The van der Waals surface area contributed by atoms with Gasteiger partial charge in [0.05, 0.1) is 5.41 Å². The van der Waals surface area contributed by atoms with E-state index >= 15 is 0 Å². The molecule has 1 aliphatic carbocycles. The Morgan fingerprint density at radius 3 is 1.06 bits per heavy atom. The molecule has 1 aliphatic rings. The Morgan fingerprint density at radius 1 is 0.444 bits per heavy atom. The molecule has 1 rings (SSSR count). The Kier molecular flexibility index (Phi) is 2.84. The fourth-order valence-electron chi connectivity index (χ4n) is 2.54. The highest BCUT2D eigenvalue weighted by atomic mass is 16.6. The number of hydrogen-bond donors (Lipinski definition) is 7. The minimum absolute atomic E-state index is 0.803. The van der Waals surface area contributed by atoms with E-state index in [4.69, 9.17) is 0 Å². The van der Waals surface area contributed by atoms with Gasteiger partial charge in [0.25, 0.3) is 0 Å². The van der Waals surface area contributed by atoms with Crippen molar-refractivity contribution in [2.45, 2.75) is 63.0 Å². The van der Waals surface area contributed by atoms with Gasteiger partial charge in [0.2, 0.25) is 11.6 Å². The van der Waals surface area contributed by atoms with Crippen molar-refractivity contribution in [3.8, 4) is 0 Å². The Balaban J connectivity index is 3.72. The van der Waals surface area contributed by atoms with E-state index in [1.807, 2.05) is 0 Å². The molecule has 108 valence electrons. The van der Waals surface area contributed by atoms with Crippen LogP contribution in [0.1, 0.15) is 34.6 Å². The zero-order chi connectivity index (χ0) is 15.0. The third-order valence-corrected chi connectivity index (χ3v) is 5.07. The summed E-state index contributed by atoms with van der Waals surface area (Å²) in [5.41, 5.74) is -9.94. The van der Waals surface area contributed by atoms with Crippen molar-refractivity contribution >= 4 is 0 Å². The van der Waals surface area contributed by atoms with Gasteiger partial charge in [-0.25, -0.2) is 0 Å². The molecule has 0 aromatic heterocycles. The molecule has 0 saturated heterocycles. The summed E-state index contributed by atoms with van der Waals surface area (Å²) >= 11 is 0. The molecule has 18 heavy (non-hydrogen) atoms. The fraction of sp³-hybridized carbons (Fsp3) is 1.00. The van der Waals surface area contributed by atoms with Gasteiger partial charge in [0, 0.05) is 0 Å². The first kappa shape index (κ1) is 15.8. The third-order valence-electron chi connectivity index (χ3n) is 5.07. The lowest BCUT2D eigenvalue weighted by Crippen LogP contribution is -2.90. The first-order chi connectivity index (χ1) is 7.50. The Bertz CT molecular complexity index is 249. The van der Waals surface area contributed by atoms with E-state index in [0.717, 1.165) is 34.6 Å². The molecule has 0 aromatic carbocycles. The smallest absolute Gasteiger partial charge is 0.225 e. The van der Waals surface area contributed by atoms with Crippen molar-refractivity contribution in [2.75, 3.05) is 0 Å². The van der Waals surface area contributed by atoms with E-state index in [9.17, 15) is 35.7 Å². The van der Waals surface area contributed by atoms with E-state index in [0.29, 0.717) is 0 Å². The lowest BCUT2D eigenvalue weighted by molar-refractivity contribution is -0.495. The van der Waals surface area contributed by atoms with E-state index in [1.165, 1.54) is 0 Å². The minimum atomic E-state index is -3.16. The zero-order valence-corrected chi connectivity index (χ0v) is 11.1. The number of hydrogen-bond acceptors (Lipinski definition) is 7. The summed E-state index contributed by atoms with van der Waals surface area (Å²) in [7, 11) is 0. The SMILES string of the molecule is CC1(C)C(C)(O)C(O)(O)C(C)(O)C(C)(O)C1(O)O. The van der Waals surface area contributed by atoms with Crippen LogP contribution in [0.5, 0.6) is 0 Å². The Labute approximate surface area is 105 Å². The van der Waals surface area contributed by atoms with Crippen LogP contribution in [-0.2, 0) is 0 Å². The Morgan fingerprint density at radius 2 is 0.722 bits per heavy atom. The van der Waals surface area contributed by atoms with Gasteiger partial charge in [-0.05, 0) is 20.8 Å². The highest BCUT2D eigenvalue weighted by Gasteiger charge is 2.82. The molecule has 3 atom stereocenters. The molecule has 1 saturated carbocycles. The number of aliphatic hydroxyl groups is 7. The lowest BCUT2D eigenvalue weighted by Gasteiger charge is -2.67. The molecule has 0 heterocycles. The minimum Gasteiger partial charge on any atom is -0.384 e. The maximum atomic E-state index is 10.2. The average molecular weight is 266 g/mol. The first-order valence-electron chi connectivity index (χ1n) is 5.57. The van der Waals surface area contributed by atoms with Crippen molar-refractivity contribution in [1.82, 2.24) is 0 Å². The molecule has 7 heteroatoms. The predicted octanol–water partition coefficient (Wildman–Crippen LogP) is -2.36. The zero-order valence-electron chi connectivity index (χ0n) is 11.1. The number of rotatable bonds is 0. The van der Waals surface area contributed by atoms with Crippen LogP contribution in [0.25, 0.3) is 0 Å². The van der Waals surface area contributed by atoms with E-state index in [-0.39, 0.29) is 0 Å². The molecule has 1 fully saturated rings. The summed E-state index contributed by atoms with van der Waals surface area (Å²) in [6.07, 6.45) is 0. The highest BCUT2D eigenvalue weighted by Crippen LogP contribution is 2.59. The fourth-order valence-corrected chi connectivity index (χ4v) is 2.54. The summed E-state index contributed by atoms with van der Waals surface area (Å²) in [4.78, 5) is 0. The van der Waals surface area contributed by atoms with Crippen molar-refractivity contribution in [3.05, 3.63) is 0 Å². The average Bonchev–Trinajstić information content (AvgIpc) is 2.14. The van der Waals surface area contributed by atoms with E-state index in [1.54, 1.807) is 0 Å². The second kappa shape index (κ2) is 3.24. The maximum Gasteiger partial charge on any atom is 0.225 e. The van der Waals surface area contributed by atoms with E-state index in [2.05, 4.69) is 0 Å². The molecule has 3 unspecified atom stereocenters. The summed E-state index contributed by atoms with van der Waals surface area (Å²) in [5, 5.41) is 70.7. The monoisotopic (exact) mass is 266 g/mol. The first-order valence-corrected chi connectivity index (χ1v) is 5.57. The van der Waals surface area contributed by atoms with Gasteiger partial charge in [-0.15, -0.1) is 0 Å². The van der Waals surface area contributed by atoms with Gasteiger partial charge >= 0.3 is 0 Å². The molecule has 0 amide bonds. The normalized spacial score (nSPS) is 50.0. The quantitative estimate of drug-likeness (QED) is 0.243. The van der Waals surface area contributed by atoms with Crippen LogP contribution in [0, 0.1) is 5.41 Å². The van der Waals surface area contributed by atoms with Gasteiger partial charge in [-0.2, -0.15) is 0 Å².